The van der Waals surface area contributed by atoms with Crippen LogP contribution in [0.25, 0.3) is 0 Å². The minimum absolute atomic E-state index is 0.00807. The van der Waals surface area contributed by atoms with Gasteiger partial charge in [-0.05, 0) is 56.0 Å². The lowest BCUT2D eigenvalue weighted by molar-refractivity contribution is 0.0524. The Labute approximate surface area is 181 Å². The first kappa shape index (κ1) is 22.8. The van der Waals surface area contributed by atoms with Crippen molar-refractivity contribution in [1.29, 1.82) is 0 Å². The molecule has 2 aromatic carbocycles. The van der Waals surface area contributed by atoms with Gasteiger partial charge in [0.05, 0.1) is 5.56 Å². The second-order valence-electron chi connectivity index (χ2n) is 7.34. The molecule has 1 aliphatic rings. The largest absolute Gasteiger partial charge is 0.471 e. The molecule has 31 heavy (non-hydrogen) atoms. The van der Waals surface area contributed by atoms with Crippen LogP contribution in [0.1, 0.15) is 48.0 Å². The summed E-state index contributed by atoms with van der Waals surface area (Å²) in [5, 5.41) is 0. The Morgan fingerprint density at radius 3 is 2.48 bits per heavy atom. The number of benzene rings is 2. The highest BCUT2D eigenvalue weighted by molar-refractivity contribution is 7.85. The van der Waals surface area contributed by atoms with Crippen molar-refractivity contribution >= 4 is 16.1 Å². The molecule has 2 aromatic rings. The third kappa shape index (κ3) is 6.81. The average Bonchev–Trinajstić information content (AvgIpc) is 2.74. The predicted molar refractivity (Wildman–Crippen MR) is 113 cm³/mol. The van der Waals surface area contributed by atoms with Gasteiger partial charge in [0.15, 0.2) is 17.2 Å². The van der Waals surface area contributed by atoms with Gasteiger partial charge in [-0.2, -0.15) is 8.42 Å². The van der Waals surface area contributed by atoms with E-state index in [1.54, 1.807) is 0 Å². The maximum absolute atomic E-state index is 14.5. The molecule has 0 unspecified atom stereocenters. The van der Waals surface area contributed by atoms with Crippen LogP contribution in [-0.2, 0) is 14.9 Å². The highest BCUT2D eigenvalue weighted by Crippen LogP contribution is 2.34. The molecule has 0 amide bonds. The molecule has 0 atom stereocenters. The van der Waals surface area contributed by atoms with Crippen LogP contribution < -0.4 is 4.74 Å². The maximum atomic E-state index is 14.5. The lowest BCUT2D eigenvalue weighted by Gasteiger charge is -2.33. The summed E-state index contributed by atoms with van der Waals surface area (Å²) >= 11 is 0. The molecule has 0 aromatic heterocycles. The molecule has 0 aliphatic heterocycles. The van der Waals surface area contributed by atoms with Crippen LogP contribution in [0, 0.1) is 17.7 Å². The lowest BCUT2D eigenvalue weighted by Crippen LogP contribution is -2.37. The number of carbonyl (C=O) groups excluding carboxylic acids is 1. The van der Waals surface area contributed by atoms with Gasteiger partial charge in [-0.15, -0.1) is 0 Å². The van der Waals surface area contributed by atoms with Crippen molar-refractivity contribution in [3.05, 3.63) is 65.5 Å². The molecular formula is C23H23FO6S. The van der Waals surface area contributed by atoms with E-state index in [4.69, 9.17) is 14.0 Å². The van der Waals surface area contributed by atoms with E-state index in [0.29, 0.717) is 12.8 Å². The van der Waals surface area contributed by atoms with Crippen LogP contribution in [0.15, 0.2) is 48.5 Å². The second kappa shape index (κ2) is 9.94. The Morgan fingerprint density at radius 2 is 1.81 bits per heavy atom. The Bertz CT molecular complexity index is 1080. The number of carbonyl (C=O) groups is 1. The van der Waals surface area contributed by atoms with Crippen LogP contribution in [0.5, 0.6) is 5.75 Å². The topological polar surface area (TPSA) is 89.9 Å². The molecule has 1 fully saturated rings. The van der Waals surface area contributed by atoms with Crippen molar-refractivity contribution in [3.63, 3.8) is 0 Å². The lowest BCUT2D eigenvalue weighted by atomic mass is 9.84. The normalized spacial score (nSPS) is 15.4. The molecular weight excluding hydrogens is 423 g/mol. The molecule has 0 spiro atoms. The highest BCUT2D eigenvalue weighted by atomic mass is 32.2. The monoisotopic (exact) mass is 446 g/mol. The van der Waals surface area contributed by atoms with Crippen molar-refractivity contribution < 1.29 is 31.6 Å². The quantitative estimate of drug-likeness (QED) is 0.410. The molecule has 0 bridgehead atoms. The SMILES string of the molecule is O=C(OCCS(=O)(=O)O)c1ccc(F)c(OC2(C#Cc3ccccc3)CCCCC2)c1. The van der Waals surface area contributed by atoms with Crippen molar-refractivity contribution in [2.24, 2.45) is 0 Å². The Balaban J connectivity index is 1.80. The van der Waals surface area contributed by atoms with Gasteiger partial charge in [-0.1, -0.05) is 36.5 Å². The smallest absolute Gasteiger partial charge is 0.338 e. The fourth-order valence-electron chi connectivity index (χ4n) is 3.33. The minimum atomic E-state index is -4.25. The van der Waals surface area contributed by atoms with Gasteiger partial charge in [0, 0.05) is 5.56 Å². The van der Waals surface area contributed by atoms with Crippen LogP contribution >= 0.6 is 0 Å². The Kier molecular flexibility index (Phi) is 7.31. The van der Waals surface area contributed by atoms with Crippen LogP contribution in [0.3, 0.4) is 0 Å². The van der Waals surface area contributed by atoms with E-state index in [1.165, 1.54) is 12.1 Å². The summed E-state index contributed by atoms with van der Waals surface area (Å²) in [7, 11) is -4.25. The van der Waals surface area contributed by atoms with Gasteiger partial charge in [0.2, 0.25) is 0 Å². The molecule has 1 aliphatic carbocycles. The number of esters is 1. The summed E-state index contributed by atoms with van der Waals surface area (Å²) < 4.78 is 55.6. The summed E-state index contributed by atoms with van der Waals surface area (Å²) in [6, 6.07) is 13.0. The van der Waals surface area contributed by atoms with E-state index in [9.17, 15) is 17.6 Å². The molecule has 8 heteroatoms. The zero-order chi connectivity index (χ0) is 22.3. The third-order valence-electron chi connectivity index (χ3n) is 4.92. The number of hydrogen-bond acceptors (Lipinski definition) is 5. The summed E-state index contributed by atoms with van der Waals surface area (Å²) in [5.41, 5.74) is -0.0380. The summed E-state index contributed by atoms with van der Waals surface area (Å²) in [6.45, 7) is -0.516. The van der Waals surface area contributed by atoms with Gasteiger partial charge < -0.3 is 9.47 Å². The summed E-state index contributed by atoms with van der Waals surface area (Å²) in [5.74, 6) is 3.96. The van der Waals surface area contributed by atoms with E-state index in [-0.39, 0.29) is 11.3 Å². The van der Waals surface area contributed by atoms with Gasteiger partial charge in [-0.25, -0.2) is 9.18 Å². The van der Waals surface area contributed by atoms with E-state index in [1.807, 2.05) is 30.3 Å². The molecule has 1 N–H and O–H groups in total. The van der Waals surface area contributed by atoms with Crippen LogP contribution in [0.4, 0.5) is 4.39 Å². The summed E-state index contributed by atoms with van der Waals surface area (Å²) in [4.78, 5) is 12.2. The van der Waals surface area contributed by atoms with Crippen molar-refractivity contribution in [2.75, 3.05) is 12.4 Å². The van der Waals surface area contributed by atoms with Crippen molar-refractivity contribution in [2.45, 2.75) is 37.7 Å². The second-order valence-corrected chi connectivity index (χ2v) is 8.91. The minimum Gasteiger partial charge on any atom is -0.471 e. The van der Waals surface area contributed by atoms with Crippen LogP contribution in [-0.4, -0.2) is 36.9 Å². The Hall–Kier alpha value is -2.89. The number of rotatable bonds is 6. The van der Waals surface area contributed by atoms with E-state index >= 15 is 0 Å². The van der Waals surface area contributed by atoms with Crippen LogP contribution in [0.2, 0.25) is 0 Å². The number of halogens is 1. The van der Waals surface area contributed by atoms with Crippen molar-refractivity contribution in [3.8, 4) is 17.6 Å². The molecule has 164 valence electrons. The molecule has 6 nitrogen and oxygen atoms in total. The summed E-state index contributed by atoms with van der Waals surface area (Å²) in [6.07, 6.45) is 4.09. The predicted octanol–water partition coefficient (Wildman–Crippen LogP) is 4.00. The standard InChI is InChI=1S/C23H23FO6S/c24-20-10-9-19(22(25)29-15-16-31(26,27)28)17-21(20)30-23(12-5-2-6-13-23)14-11-18-7-3-1-4-8-18/h1,3-4,7-10,17H,2,5-6,12-13,15-16H2,(H,26,27,28). The Morgan fingerprint density at radius 1 is 1.10 bits per heavy atom. The fraction of sp³-hybridized carbons (Fsp3) is 0.348. The maximum Gasteiger partial charge on any atom is 0.338 e. The third-order valence-corrected chi connectivity index (χ3v) is 5.60. The van der Waals surface area contributed by atoms with Gasteiger partial charge in [0.1, 0.15) is 12.4 Å². The average molecular weight is 446 g/mol. The highest BCUT2D eigenvalue weighted by Gasteiger charge is 2.33. The zero-order valence-corrected chi connectivity index (χ0v) is 17.7. The van der Waals surface area contributed by atoms with Gasteiger partial charge in [0.25, 0.3) is 10.1 Å². The van der Waals surface area contributed by atoms with E-state index in [0.717, 1.165) is 30.9 Å². The number of ether oxygens (including phenoxy) is 2. The van der Waals surface area contributed by atoms with E-state index in [2.05, 4.69) is 11.8 Å². The molecule has 0 saturated heterocycles. The molecule has 3 rings (SSSR count). The molecule has 1 saturated carbocycles. The zero-order valence-electron chi connectivity index (χ0n) is 16.8. The molecule has 0 heterocycles. The first-order valence-electron chi connectivity index (χ1n) is 9.95. The van der Waals surface area contributed by atoms with E-state index < -0.39 is 39.9 Å². The number of hydrogen-bond donors (Lipinski definition) is 1. The van der Waals surface area contributed by atoms with Gasteiger partial charge >= 0.3 is 5.97 Å². The fourth-order valence-corrected chi connectivity index (χ4v) is 3.62. The van der Waals surface area contributed by atoms with Gasteiger partial charge in [-0.3, -0.25) is 4.55 Å². The molecule has 0 radical (unpaired) electrons. The first-order valence-corrected chi connectivity index (χ1v) is 11.6. The van der Waals surface area contributed by atoms with Crippen molar-refractivity contribution in [1.82, 2.24) is 0 Å². The first-order chi connectivity index (χ1) is 14.8.